The molecule has 3 nitrogen and oxygen atoms in total. The number of carbonyl (C=O) groups excluding carboxylic acids is 1. The smallest absolute Gasteiger partial charge is 0.175 e. The summed E-state index contributed by atoms with van der Waals surface area (Å²) in [5, 5.41) is 0. The van der Waals surface area contributed by atoms with Crippen LogP contribution in [0.2, 0.25) is 0 Å². The highest BCUT2D eigenvalue weighted by Gasteiger charge is 2.04. The average molecular weight is 224 g/mol. The molecule has 15 heavy (non-hydrogen) atoms. The number of aldehydes is 1. The van der Waals surface area contributed by atoms with Crippen molar-refractivity contribution in [3.63, 3.8) is 0 Å². The minimum atomic E-state index is -3.13. The molecule has 0 amide bonds. The molecule has 0 atom stereocenters. The third-order valence-corrected chi connectivity index (χ3v) is 2.98. The number of benzene rings is 1. The van der Waals surface area contributed by atoms with Crippen LogP contribution >= 0.6 is 0 Å². The van der Waals surface area contributed by atoms with Crippen molar-refractivity contribution in [2.24, 2.45) is 0 Å². The molecule has 0 aromatic heterocycles. The van der Waals surface area contributed by atoms with Gasteiger partial charge in [0.15, 0.2) is 9.84 Å². The van der Waals surface area contributed by atoms with Gasteiger partial charge in [0.05, 0.1) is 4.90 Å². The Kier molecular flexibility index (Phi) is 3.80. The normalized spacial score (nSPS) is 11.8. The molecule has 1 aromatic carbocycles. The van der Waals surface area contributed by atoms with Gasteiger partial charge in [-0.3, -0.25) is 0 Å². The minimum absolute atomic E-state index is 0.301. The van der Waals surface area contributed by atoms with Gasteiger partial charge in [-0.2, -0.15) is 0 Å². The lowest BCUT2D eigenvalue weighted by molar-refractivity contribution is -0.107. The van der Waals surface area contributed by atoms with E-state index in [0.717, 1.165) is 11.8 Å². The summed E-state index contributed by atoms with van der Waals surface area (Å²) < 4.78 is 22.3. The van der Waals surface area contributed by atoms with E-state index in [1.54, 1.807) is 36.4 Å². The fourth-order valence-corrected chi connectivity index (χ4v) is 1.72. The minimum Gasteiger partial charge on any atom is -0.303 e. The van der Waals surface area contributed by atoms with Gasteiger partial charge in [-0.15, -0.1) is 0 Å². The topological polar surface area (TPSA) is 51.2 Å². The SMILES string of the molecule is CS(=O)(=O)c1ccc(C=CCC=O)cc1. The molecule has 0 spiro atoms. The molecule has 0 bridgehead atoms. The summed E-state index contributed by atoms with van der Waals surface area (Å²) >= 11 is 0. The molecule has 0 aliphatic carbocycles. The van der Waals surface area contributed by atoms with Crippen LogP contribution in [-0.4, -0.2) is 21.0 Å². The van der Waals surface area contributed by atoms with Crippen LogP contribution in [0.4, 0.5) is 0 Å². The number of sulfone groups is 1. The van der Waals surface area contributed by atoms with Crippen molar-refractivity contribution in [3.8, 4) is 0 Å². The zero-order chi connectivity index (χ0) is 11.3. The zero-order valence-electron chi connectivity index (χ0n) is 8.38. The molecular weight excluding hydrogens is 212 g/mol. The van der Waals surface area contributed by atoms with Crippen molar-refractivity contribution in [2.45, 2.75) is 11.3 Å². The fourth-order valence-electron chi connectivity index (χ4n) is 1.09. The van der Waals surface area contributed by atoms with E-state index in [4.69, 9.17) is 0 Å². The summed E-state index contributed by atoms with van der Waals surface area (Å²) in [6, 6.07) is 6.52. The van der Waals surface area contributed by atoms with Gasteiger partial charge in [0.1, 0.15) is 6.29 Å². The molecule has 1 rings (SSSR count). The van der Waals surface area contributed by atoms with Crippen molar-refractivity contribution >= 4 is 22.2 Å². The van der Waals surface area contributed by atoms with E-state index in [1.165, 1.54) is 6.26 Å². The van der Waals surface area contributed by atoms with Crippen LogP contribution in [0.3, 0.4) is 0 Å². The first-order chi connectivity index (χ1) is 7.04. The second kappa shape index (κ2) is 4.89. The fraction of sp³-hybridized carbons (Fsp3) is 0.182. The standard InChI is InChI=1S/C11H12O3S/c1-15(13,14)11-7-5-10(6-8-11)4-2-3-9-12/h2,4-9H,3H2,1H3. The van der Waals surface area contributed by atoms with E-state index < -0.39 is 9.84 Å². The van der Waals surface area contributed by atoms with E-state index in [0.29, 0.717) is 11.3 Å². The van der Waals surface area contributed by atoms with Crippen LogP contribution in [0.15, 0.2) is 35.2 Å². The molecule has 4 heteroatoms. The maximum atomic E-state index is 11.1. The van der Waals surface area contributed by atoms with Gasteiger partial charge in [0.25, 0.3) is 0 Å². The van der Waals surface area contributed by atoms with Crippen molar-refractivity contribution in [2.75, 3.05) is 6.26 Å². The molecule has 0 radical (unpaired) electrons. The summed E-state index contributed by atoms with van der Waals surface area (Å²) in [6.07, 6.45) is 5.85. The largest absolute Gasteiger partial charge is 0.303 e. The van der Waals surface area contributed by atoms with Crippen molar-refractivity contribution in [1.29, 1.82) is 0 Å². The van der Waals surface area contributed by atoms with Gasteiger partial charge in [0, 0.05) is 12.7 Å². The van der Waals surface area contributed by atoms with E-state index in [9.17, 15) is 13.2 Å². The molecule has 0 saturated heterocycles. The highest BCUT2D eigenvalue weighted by Crippen LogP contribution is 2.11. The van der Waals surface area contributed by atoms with Gasteiger partial charge in [-0.25, -0.2) is 8.42 Å². The Bertz CT molecular complexity index is 455. The second-order valence-electron chi connectivity index (χ2n) is 3.15. The van der Waals surface area contributed by atoms with Gasteiger partial charge >= 0.3 is 0 Å². The number of rotatable bonds is 4. The van der Waals surface area contributed by atoms with Gasteiger partial charge < -0.3 is 4.79 Å². The predicted octanol–water partition coefficient (Wildman–Crippen LogP) is 1.69. The first kappa shape index (κ1) is 11.7. The third kappa shape index (κ3) is 3.67. The van der Waals surface area contributed by atoms with E-state index in [-0.39, 0.29) is 0 Å². The van der Waals surface area contributed by atoms with E-state index >= 15 is 0 Å². The Morgan fingerprint density at radius 2 is 1.80 bits per heavy atom. The Morgan fingerprint density at radius 3 is 2.27 bits per heavy atom. The zero-order valence-corrected chi connectivity index (χ0v) is 9.20. The molecule has 0 aliphatic rings. The van der Waals surface area contributed by atoms with Gasteiger partial charge in [-0.1, -0.05) is 24.3 Å². The van der Waals surface area contributed by atoms with Crippen LogP contribution in [0.5, 0.6) is 0 Å². The maximum absolute atomic E-state index is 11.1. The molecule has 80 valence electrons. The second-order valence-corrected chi connectivity index (χ2v) is 5.16. The Hall–Kier alpha value is -1.42. The summed E-state index contributed by atoms with van der Waals surface area (Å²) in [4.78, 5) is 10.4. The summed E-state index contributed by atoms with van der Waals surface area (Å²) in [5.74, 6) is 0. The Balaban J connectivity index is 2.86. The van der Waals surface area contributed by atoms with Crippen LogP contribution in [0.1, 0.15) is 12.0 Å². The number of allylic oxidation sites excluding steroid dienone is 1. The average Bonchev–Trinajstić information content (AvgIpc) is 2.18. The predicted molar refractivity (Wildman–Crippen MR) is 59.3 cm³/mol. The summed E-state index contributed by atoms with van der Waals surface area (Å²) in [7, 11) is -3.13. The van der Waals surface area contributed by atoms with Crippen LogP contribution in [-0.2, 0) is 14.6 Å². The van der Waals surface area contributed by atoms with Crippen molar-refractivity contribution in [3.05, 3.63) is 35.9 Å². The Labute approximate surface area is 89.4 Å². The molecule has 0 N–H and O–H groups in total. The highest BCUT2D eigenvalue weighted by atomic mass is 32.2. The molecule has 0 saturated carbocycles. The number of hydrogen-bond acceptors (Lipinski definition) is 3. The van der Waals surface area contributed by atoms with Gasteiger partial charge in [0.2, 0.25) is 0 Å². The first-order valence-corrected chi connectivity index (χ1v) is 6.33. The lowest BCUT2D eigenvalue weighted by Gasteiger charge is -1.98. The maximum Gasteiger partial charge on any atom is 0.175 e. The van der Waals surface area contributed by atoms with E-state index in [1.807, 2.05) is 0 Å². The molecular formula is C11H12O3S. The third-order valence-electron chi connectivity index (χ3n) is 1.85. The van der Waals surface area contributed by atoms with E-state index in [2.05, 4.69) is 0 Å². The molecule has 0 heterocycles. The molecule has 0 fully saturated rings. The van der Waals surface area contributed by atoms with Gasteiger partial charge in [-0.05, 0) is 17.7 Å². The summed E-state index contributed by atoms with van der Waals surface area (Å²) in [6.45, 7) is 0. The molecule has 0 unspecified atom stereocenters. The molecule has 0 aliphatic heterocycles. The quantitative estimate of drug-likeness (QED) is 0.731. The lowest BCUT2D eigenvalue weighted by atomic mass is 10.2. The first-order valence-electron chi connectivity index (χ1n) is 4.44. The summed E-state index contributed by atoms with van der Waals surface area (Å²) in [5.41, 5.74) is 0.879. The van der Waals surface area contributed by atoms with Crippen LogP contribution in [0.25, 0.3) is 6.08 Å². The number of carbonyl (C=O) groups is 1. The Morgan fingerprint density at radius 1 is 1.20 bits per heavy atom. The van der Waals surface area contributed by atoms with Crippen molar-refractivity contribution in [1.82, 2.24) is 0 Å². The molecule has 1 aromatic rings. The monoisotopic (exact) mass is 224 g/mol. The highest BCUT2D eigenvalue weighted by molar-refractivity contribution is 7.90. The van der Waals surface area contributed by atoms with Crippen LogP contribution < -0.4 is 0 Å². The van der Waals surface area contributed by atoms with Crippen LogP contribution in [0, 0.1) is 0 Å². The van der Waals surface area contributed by atoms with Crippen molar-refractivity contribution < 1.29 is 13.2 Å². The number of hydrogen-bond donors (Lipinski definition) is 0. The lowest BCUT2D eigenvalue weighted by Crippen LogP contribution is -1.95.